The van der Waals surface area contributed by atoms with E-state index in [1.54, 1.807) is 4.90 Å². The quantitative estimate of drug-likeness (QED) is 0.743. The molecule has 0 unspecified atom stereocenters. The number of amides is 1. The van der Waals surface area contributed by atoms with E-state index in [0.29, 0.717) is 51.6 Å². The maximum absolute atomic E-state index is 13.2. The lowest BCUT2D eigenvalue weighted by Crippen LogP contribution is -2.49. The summed E-state index contributed by atoms with van der Waals surface area (Å²) in [5.41, 5.74) is 5.60. The highest BCUT2D eigenvalue weighted by Gasteiger charge is 2.25. The summed E-state index contributed by atoms with van der Waals surface area (Å²) < 4.78 is 7.88. The molecule has 2 aliphatic heterocycles. The number of nitrogens with zero attached hydrogens (tertiary/aromatic N) is 4. The minimum atomic E-state index is -0.502. The number of nitrogen functional groups attached to an aromatic ring is 1. The number of likely N-dealkylation sites (tertiary alicyclic amines) is 1. The van der Waals surface area contributed by atoms with E-state index in [4.69, 9.17) is 10.5 Å². The summed E-state index contributed by atoms with van der Waals surface area (Å²) in [4.78, 5) is 42.5. The number of hydrogen-bond donors (Lipinski definition) is 1. The van der Waals surface area contributed by atoms with Gasteiger partial charge >= 0.3 is 5.69 Å². The molecule has 1 aromatic heterocycles. The molecule has 9 heteroatoms. The lowest BCUT2D eigenvalue weighted by molar-refractivity contribution is -0.132. The molecule has 2 N–H and O–H groups in total. The molecule has 1 aromatic rings. The van der Waals surface area contributed by atoms with E-state index in [9.17, 15) is 14.4 Å². The number of anilines is 2. The fraction of sp³-hybridized carbons (Fsp3) is 0.737. The Kier molecular flexibility index (Phi) is 6.77. The molecule has 2 saturated heterocycles. The molecule has 1 amide bonds. The summed E-state index contributed by atoms with van der Waals surface area (Å²) >= 11 is 0. The second kappa shape index (κ2) is 9.27. The summed E-state index contributed by atoms with van der Waals surface area (Å²) in [6, 6.07) is 0. The molecule has 0 saturated carbocycles. The van der Waals surface area contributed by atoms with Crippen LogP contribution < -0.4 is 21.9 Å². The molecule has 0 aliphatic carbocycles. The van der Waals surface area contributed by atoms with Gasteiger partial charge in [0.2, 0.25) is 5.91 Å². The number of nitrogens with two attached hydrogens (primary N) is 1. The molecule has 9 nitrogen and oxygen atoms in total. The van der Waals surface area contributed by atoms with Crippen LogP contribution in [0.5, 0.6) is 0 Å². The largest absolute Gasteiger partial charge is 0.383 e. The Balaban J connectivity index is 2.00. The average molecular weight is 393 g/mol. The van der Waals surface area contributed by atoms with Gasteiger partial charge in [-0.05, 0) is 25.7 Å². The minimum absolute atomic E-state index is 0.182. The SMILES string of the molecule is CCCCn1c(N)c(N2CCOCC2)c(=O)n(CC(=O)N2CCCCC2)c1=O. The van der Waals surface area contributed by atoms with E-state index in [1.807, 2.05) is 11.8 Å². The van der Waals surface area contributed by atoms with Crippen LogP contribution in [0.15, 0.2) is 9.59 Å². The third-order valence-electron chi connectivity index (χ3n) is 5.51. The molecule has 0 aromatic carbocycles. The predicted octanol–water partition coefficient (Wildman–Crippen LogP) is 0.241. The first-order chi connectivity index (χ1) is 13.5. The highest BCUT2D eigenvalue weighted by Crippen LogP contribution is 2.19. The number of rotatable bonds is 6. The Morgan fingerprint density at radius 2 is 1.71 bits per heavy atom. The Labute approximate surface area is 164 Å². The molecule has 2 aliphatic rings. The van der Waals surface area contributed by atoms with Crippen molar-refractivity contribution in [3.05, 3.63) is 20.8 Å². The Morgan fingerprint density at radius 3 is 2.36 bits per heavy atom. The van der Waals surface area contributed by atoms with Gasteiger partial charge in [-0.25, -0.2) is 9.36 Å². The maximum atomic E-state index is 13.2. The maximum Gasteiger partial charge on any atom is 0.333 e. The van der Waals surface area contributed by atoms with E-state index in [2.05, 4.69) is 0 Å². The fourth-order valence-corrected chi connectivity index (χ4v) is 3.84. The van der Waals surface area contributed by atoms with Crippen LogP contribution in [0.25, 0.3) is 0 Å². The Bertz CT molecular complexity index is 804. The Morgan fingerprint density at radius 1 is 1.04 bits per heavy atom. The number of piperidine rings is 1. The number of carbonyl (C=O) groups excluding carboxylic acids is 1. The zero-order valence-electron chi connectivity index (χ0n) is 16.7. The Hall–Kier alpha value is -2.29. The third kappa shape index (κ3) is 4.24. The molecule has 2 fully saturated rings. The van der Waals surface area contributed by atoms with Crippen LogP contribution in [0.4, 0.5) is 11.5 Å². The lowest BCUT2D eigenvalue weighted by atomic mass is 10.1. The van der Waals surface area contributed by atoms with Gasteiger partial charge in [0.25, 0.3) is 5.56 Å². The summed E-state index contributed by atoms with van der Waals surface area (Å²) in [6.07, 6.45) is 4.69. The summed E-state index contributed by atoms with van der Waals surface area (Å²) in [6.45, 7) is 5.65. The van der Waals surface area contributed by atoms with Crippen molar-refractivity contribution in [2.24, 2.45) is 0 Å². The molecule has 3 rings (SSSR count). The van der Waals surface area contributed by atoms with Gasteiger partial charge in [-0.1, -0.05) is 13.3 Å². The van der Waals surface area contributed by atoms with Gasteiger partial charge in [0.1, 0.15) is 18.1 Å². The highest BCUT2D eigenvalue weighted by molar-refractivity contribution is 5.76. The molecule has 0 radical (unpaired) electrons. The molecule has 0 bridgehead atoms. The normalized spacial score (nSPS) is 17.8. The molecule has 3 heterocycles. The van der Waals surface area contributed by atoms with Gasteiger partial charge in [0.05, 0.1) is 13.2 Å². The predicted molar refractivity (Wildman–Crippen MR) is 108 cm³/mol. The lowest BCUT2D eigenvalue weighted by Gasteiger charge is -2.31. The van der Waals surface area contributed by atoms with Crippen molar-refractivity contribution >= 4 is 17.4 Å². The van der Waals surface area contributed by atoms with Crippen LogP contribution >= 0.6 is 0 Å². The van der Waals surface area contributed by atoms with E-state index in [1.165, 1.54) is 4.57 Å². The van der Waals surface area contributed by atoms with Crippen molar-refractivity contribution in [2.75, 3.05) is 50.0 Å². The van der Waals surface area contributed by atoms with Crippen LogP contribution in [0.1, 0.15) is 39.0 Å². The number of unbranched alkanes of at least 4 members (excludes halogenated alkanes) is 1. The average Bonchev–Trinajstić information content (AvgIpc) is 2.72. The second-order valence-corrected chi connectivity index (χ2v) is 7.45. The second-order valence-electron chi connectivity index (χ2n) is 7.45. The van der Waals surface area contributed by atoms with Gasteiger partial charge in [-0.3, -0.25) is 14.2 Å². The number of ether oxygens (including phenoxy) is 1. The van der Waals surface area contributed by atoms with E-state index in [-0.39, 0.29) is 18.3 Å². The third-order valence-corrected chi connectivity index (χ3v) is 5.51. The van der Waals surface area contributed by atoms with Gasteiger partial charge in [-0.15, -0.1) is 0 Å². The van der Waals surface area contributed by atoms with Gasteiger partial charge < -0.3 is 20.3 Å². The topological polar surface area (TPSA) is 103 Å². The van der Waals surface area contributed by atoms with Crippen LogP contribution in [0.2, 0.25) is 0 Å². The monoisotopic (exact) mass is 393 g/mol. The number of morpholine rings is 1. The molecule has 156 valence electrons. The van der Waals surface area contributed by atoms with Gasteiger partial charge in [-0.2, -0.15) is 0 Å². The first-order valence-corrected chi connectivity index (χ1v) is 10.3. The summed E-state index contributed by atoms with van der Waals surface area (Å²) in [7, 11) is 0. The van der Waals surface area contributed by atoms with Crippen molar-refractivity contribution < 1.29 is 9.53 Å². The van der Waals surface area contributed by atoms with Crippen molar-refractivity contribution in [1.29, 1.82) is 0 Å². The van der Waals surface area contributed by atoms with Crippen LogP contribution in [-0.2, 0) is 22.6 Å². The van der Waals surface area contributed by atoms with Gasteiger partial charge in [0.15, 0.2) is 0 Å². The number of carbonyl (C=O) groups is 1. The van der Waals surface area contributed by atoms with Crippen LogP contribution in [0.3, 0.4) is 0 Å². The number of aromatic nitrogens is 2. The van der Waals surface area contributed by atoms with Crippen molar-refractivity contribution in [2.45, 2.75) is 52.1 Å². The molecule has 0 spiro atoms. The van der Waals surface area contributed by atoms with Crippen molar-refractivity contribution in [1.82, 2.24) is 14.0 Å². The molecular formula is C19H31N5O4. The first-order valence-electron chi connectivity index (χ1n) is 10.3. The van der Waals surface area contributed by atoms with E-state index >= 15 is 0 Å². The molecule has 28 heavy (non-hydrogen) atoms. The van der Waals surface area contributed by atoms with Crippen LogP contribution in [0, 0.1) is 0 Å². The molecular weight excluding hydrogens is 362 g/mol. The zero-order valence-corrected chi connectivity index (χ0v) is 16.7. The molecule has 0 atom stereocenters. The minimum Gasteiger partial charge on any atom is -0.383 e. The fourth-order valence-electron chi connectivity index (χ4n) is 3.84. The summed E-state index contributed by atoms with van der Waals surface area (Å²) in [5.74, 6) is 0.00524. The van der Waals surface area contributed by atoms with Crippen molar-refractivity contribution in [3.63, 3.8) is 0 Å². The summed E-state index contributed by atoms with van der Waals surface area (Å²) in [5, 5.41) is 0. The zero-order chi connectivity index (χ0) is 20.1. The van der Waals surface area contributed by atoms with Crippen LogP contribution in [-0.4, -0.2) is 59.3 Å². The number of hydrogen-bond acceptors (Lipinski definition) is 6. The smallest absolute Gasteiger partial charge is 0.333 e. The first kappa shape index (κ1) is 20.4. The highest BCUT2D eigenvalue weighted by atomic mass is 16.5. The standard InChI is InChI=1S/C19H31N5O4/c1-2-3-9-23-17(20)16(22-10-12-28-13-11-22)18(26)24(19(23)27)14-15(25)21-7-5-4-6-8-21/h2-14,20H2,1H3. The van der Waals surface area contributed by atoms with Gasteiger partial charge in [0, 0.05) is 32.7 Å². The van der Waals surface area contributed by atoms with E-state index < -0.39 is 11.2 Å². The van der Waals surface area contributed by atoms with Crippen molar-refractivity contribution in [3.8, 4) is 0 Å². The van der Waals surface area contributed by atoms with E-state index in [0.717, 1.165) is 36.7 Å².